The van der Waals surface area contributed by atoms with Crippen LogP contribution >= 0.6 is 27.3 Å². The Bertz CT molecular complexity index is 664. The molecule has 0 atom stereocenters. The third kappa shape index (κ3) is 3.35. The normalized spacial score (nSPS) is 11.5. The van der Waals surface area contributed by atoms with Crippen LogP contribution in [0.3, 0.4) is 0 Å². The molecule has 0 aliphatic rings. The summed E-state index contributed by atoms with van der Waals surface area (Å²) < 4.78 is 6.19. The molecule has 1 heterocycles. The topological polar surface area (TPSA) is 39.2 Å². The fourth-order valence-corrected chi connectivity index (χ4v) is 3.20. The van der Waals surface area contributed by atoms with Crippen molar-refractivity contribution in [2.24, 2.45) is 0 Å². The van der Waals surface area contributed by atoms with Gasteiger partial charge in [0.15, 0.2) is 0 Å². The molecule has 0 fully saturated rings. The monoisotopic (exact) mass is 367 g/mol. The van der Waals surface area contributed by atoms with Crippen molar-refractivity contribution in [2.75, 3.05) is 6.61 Å². The Morgan fingerprint density at radius 1 is 1.43 bits per heavy atom. The third-order valence-corrected chi connectivity index (χ3v) is 5.09. The molecule has 0 aliphatic carbocycles. The van der Waals surface area contributed by atoms with Crippen LogP contribution in [0.25, 0.3) is 10.6 Å². The van der Waals surface area contributed by atoms with E-state index in [9.17, 15) is 4.79 Å². The lowest BCUT2D eigenvalue weighted by molar-refractivity contribution is -0.148. The predicted octanol–water partition coefficient (Wildman–Crippen LogP) is 4.72. The maximum absolute atomic E-state index is 12.0. The number of carbonyl (C=O) groups is 1. The number of aromatic nitrogens is 1. The summed E-state index contributed by atoms with van der Waals surface area (Å²) in [6, 6.07) is 6.15. The number of ether oxygens (including phenoxy) is 1. The molecule has 21 heavy (non-hydrogen) atoms. The molecule has 2 aromatic rings. The van der Waals surface area contributed by atoms with Crippen molar-refractivity contribution in [3.8, 4) is 10.6 Å². The van der Waals surface area contributed by atoms with Crippen molar-refractivity contribution >= 4 is 33.2 Å². The number of thiazole rings is 1. The zero-order valence-corrected chi connectivity index (χ0v) is 15.0. The van der Waals surface area contributed by atoms with E-state index in [0.29, 0.717) is 6.61 Å². The summed E-state index contributed by atoms with van der Waals surface area (Å²) in [6.45, 7) is 7.92. The van der Waals surface area contributed by atoms with E-state index in [0.717, 1.165) is 20.7 Å². The van der Waals surface area contributed by atoms with Crippen LogP contribution in [-0.2, 0) is 14.9 Å². The fourth-order valence-electron chi connectivity index (χ4n) is 1.84. The summed E-state index contributed by atoms with van der Waals surface area (Å²) in [7, 11) is 0. The van der Waals surface area contributed by atoms with Crippen LogP contribution in [0.4, 0.5) is 0 Å². The molecule has 0 aliphatic heterocycles. The quantitative estimate of drug-likeness (QED) is 0.733. The summed E-state index contributed by atoms with van der Waals surface area (Å²) in [5.74, 6) is -0.244. The number of nitrogens with zero attached hydrogens (tertiary/aromatic N) is 1. The number of hydrogen-bond donors (Lipinski definition) is 0. The van der Waals surface area contributed by atoms with Crippen molar-refractivity contribution in [2.45, 2.75) is 33.1 Å². The Hall–Kier alpha value is -1.20. The van der Waals surface area contributed by atoms with Crippen molar-refractivity contribution < 1.29 is 9.53 Å². The van der Waals surface area contributed by atoms with Crippen LogP contribution in [0, 0.1) is 6.92 Å². The van der Waals surface area contributed by atoms with E-state index in [1.807, 2.05) is 39.1 Å². The number of hydrogen-bond acceptors (Lipinski definition) is 4. The minimum Gasteiger partial charge on any atom is -0.465 e. The number of halogens is 1. The number of rotatable bonds is 4. The van der Waals surface area contributed by atoms with Gasteiger partial charge in [0.25, 0.3) is 0 Å². The van der Waals surface area contributed by atoms with Crippen molar-refractivity contribution in [3.05, 3.63) is 39.3 Å². The van der Waals surface area contributed by atoms with Gasteiger partial charge >= 0.3 is 5.97 Å². The fraction of sp³-hybridized carbons (Fsp3) is 0.375. The molecule has 0 radical (unpaired) electrons. The molecule has 0 spiro atoms. The molecular weight excluding hydrogens is 350 g/mol. The SMILES string of the molecule is CCOC(=O)C(C)(C)c1csc(-c2ccc(C)c(Br)c2)n1. The second kappa shape index (κ2) is 6.28. The summed E-state index contributed by atoms with van der Waals surface area (Å²) >= 11 is 5.08. The van der Waals surface area contributed by atoms with Gasteiger partial charge in [-0.1, -0.05) is 28.1 Å². The first-order valence-corrected chi connectivity index (χ1v) is 8.43. The van der Waals surface area contributed by atoms with E-state index in [-0.39, 0.29) is 5.97 Å². The summed E-state index contributed by atoms with van der Waals surface area (Å²) in [5, 5.41) is 2.84. The average Bonchev–Trinajstić information content (AvgIpc) is 2.92. The van der Waals surface area contributed by atoms with Crippen LogP contribution in [0.2, 0.25) is 0 Å². The van der Waals surface area contributed by atoms with Crippen molar-refractivity contribution in [3.63, 3.8) is 0 Å². The third-order valence-electron chi connectivity index (χ3n) is 3.35. The smallest absolute Gasteiger partial charge is 0.317 e. The lowest BCUT2D eigenvalue weighted by Crippen LogP contribution is -2.31. The average molecular weight is 368 g/mol. The van der Waals surface area contributed by atoms with Crippen LogP contribution in [0.1, 0.15) is 32.0 Å². The number of carbonyl (C=O) groups excluding carboxylic acids is 1. The van der Waals surface area contributed by atoms with Gasteiger partial charge in [0, 0.05) is 15.4 Å². The summed E-state index contributed by atoms with van der Waals surface area (Å²) in [5.41, 5.74) is 2.25. The van der Waals surface area contributed by atoms with Gasteiger partial charge in [-0.25, -0.2) is 4.98 Å². The molecule has 2 rings (SSSR count). The molecule has 1 aromatic heterocycles. The van der Waals surface area contributed by atoms with Crippen molar-refractivity contribution in [1.82, 2.24) is 4.98 Å². The molecule has 5 heteroatoms. The Labute approximate surface area is 137 Å². The zero-order chi connectivity index (χ0) is 15.6. The molecule has 0 N–H and O–H groups in total. The Morgan fingerprint density at radius 2 is 2.14 bits per heavy atom. The van der Waals surface area contributed by atoms with Gasteiger partial charge in [0.2, 0.25) is 0 Å². The Kier molecular flexibility index (Phi) is 4.84. The minimum absolute atomic E-state index is 0.244. The van der Waals surface area contributed by atoms with Crippen LogP contribution in [0.15, 0.2) is 28.1 Å². The maximum atomic E-state index is 12.0. The van der Waals surface area contributed by atoms with Gasteiger partial charge in [-0.2, -0.15) is 0 Å². The zero-order valence-electron chi connectivity index (χ0n) is 12.6. The molecule has 0 amide bonds. The molecule has 0 unspecified atom stereocenters. The van der Waals surface area contributed by atoms with E-state index >= 15 is 0 Å². The standard InChI is InChI=1S/C16H18BrNO2S/c1-5-20-15(19)16(3,4)13-9-21-14(18-13)11-7-6-10(2)12(17)8-11/h6-9H,5H2,1-4H3. The highest BCUT2D eigenvalue weighted by Crippen LogP contribution is 2.32. The van der Waals surface area contributed by atoms with Crippen LogP contribution < -0.4 is 0 Å². The Balaban J connectivity index is 2.33. The van der Waals surface area contributed by atoms with Gasteiger partial charge in [-0.3, -0.25) is 4.79 Å². The van der Waals surface area contributed by atoms with Crippen molar-refractivity contribution in [1.29, 1.82) is 0 Å². The molecule has 3 nitrogen and oxygen atoms in total. The minimum atomic E-state index is -0.729. The van der Waals surface area contributed by atoms with Crippen LogP contribution in [-0.4, -0.2) is 17.6 Å². The van der Waals surface area contributed by atoms with E-state index < -0.39 is 5.41 Å². The summed E-state index contributed by atoms with van der Waals surface area (Å²) in [6.07, 6.45) is 0. The summed E-state index contributed by atoms with van der Waals surface area (Å²) in [4.78, 5) is 16.7. The molecule has 0 saturated heterocycles. The number of aryl methyl sites for hydroxylation is 1. The van der Waals surface area contributed by atoms with E-state index in [4.69, 9.17) is 4.74 Å². The first kappa shape index (κ1) is 16.2. The van der Waals surface area contributed by atoms with E-state index in [1.165, 1.54) is 16.9 Å². The van der Waals surface area contributed by atoms with E-state index in [2.05, 4.69) is 33.0 Å². The van der Waals surface area contributed by atoms with E-state index in [1.54, 1.807) is 0 Å². The first-order valence-electron chi connectivity index (χ1n) is 6.76. The van der Waals surface area contributed by atoms with Gasteiger partial charge in [-0.05, 0) is 39.3 Å². The van der Waals surface area contributed by atoms with Gasteiger partial charge < -0.3 is 4.74 Å². The predicted molar refractivity (Wildman–Crippen MR) is 89.6 cm³/mol. The maximum Gasteiger partial charge on any atom is 0.317 e. The van der Waals surface area contributed by atoms with Gasteiger partial charge in [0.1, 0.15) is 10.4 Å². The van der Waals surface area contributed by atoms with Crippen LogP contribution in [0.5, 0.6) is 0 Å². The molecular formula is C16H18BrNO2S. The van der Waals surface area contributed by atoms with Gasteiger partial charge in [-0.15, -0.1) is 11.3 Å². The second-order valence-electron chi connectivity index (χ2n) is 5.35. The second-order valence-corrected chi connectivity index (χ2v) is 7.06. The number of benzene rings is 1. The first-order chi connectivity index (χ1) is 9.86. The number of esters is 1. The lowest BCUT2D eigenvalue weighted by Gasteiger charge is -2.19. The molecule has 0 bridgehead atoms. The molecule has 1 aromatic carbocycles. The lowest BCUT2D eigenvalue weighted by atomic mass is 9.90. The molecule has 112 valence electrons. The van der Waals surface area contributed by atoms with Gasteiger partial charge in [0.05, 0.1) is 12.3 Å². The largest absolute Gasteiger partial charge is 0.465 e. The Morgan fingerprint density at radius 3 is 2.76 bits per heavy atom. The molecule has 0 saturated carbocycles. The highest BCUT2D eigenvalue weighted by atomic mass is 79.9. The highest BCUT2D eigenvalue weighted by molar-refractivity contribution is 9.10. The highest BCUT2D eigenvalue weighted by Gasteiger charge is 2.34.